The van der Waals surface area contributed by atoms with Gasteiger partial charge in [-0.25, -0.2) is 4.57 Å². The summed E-state index contributed by atoms with van der Waals surface area (Å²) >= 11 is 0. The first kappa shape index (κ1) is 28.1. The van der Waals surface area contributed by atoms with E-state index >= 15 is 0 Å². The van der Waals surface area contributed by atoms with Crippen LogP contribution in [0.25, 0.3) is 33.4 Å². The second-order valence-corrected chi connectivity index (χ2v) is 12.4. The molecule has 1 N–H and O–H groups in total. The Morgan fingerprint density at radius 2 is 1.25 bits per heavy atom. The van der Waals surface area contributed by atoms with Crippen LogP contribution in [0.1, 0.15) is 57.1 Å². The number of methoxy groups -OCH3 is 1. The third kappa shape index (κ3) is 5.56. The highest BCUT2D eigenvalue weighted by Gasteiger charge is 2.42. The number of rotatable bonds is 11. The summed E-state index contributed by atoms with van der Waals surface area (Å²) in [6.07, 6.45) is 8.73. The van der Waals surface area contributed by atoms with Crippen LogP contribution in [-0.4, -0.2) is 25.8 Å². The summed E-state index contributed by atoms with van der Waals surface area (Å²) in [6.45, 7) is 5.10. The fraction of sp³-hybridized carbons (Fsp3) is 0.324. The summed E-state index contributed by atoms with van der Waals surface area (Å²) < 4.78 is 38.4. The third-order valence-electron chi connectivity index (χ3n) is 8.18. The number of fused-ring (bicyclic) bond motifs is 3. The zero-order valence-electron chi connectivity index (χ0n) is 23.6. The van der Waals surface area contributed by atoms with Crippen molar-refractivity contribution in [2.75, 3.05) is 12.9 Å². The van der Waals surface area contributed by atoms with Gasteiger partial charge in [0, 0.05) is 24.0 Å². The van der Waals surface area contributed by atoms with E-state index in [1.54, 1.807) is 7.11 Å². The molecule has 4 aromatic rings. The predicted molar refractivity (Wildman–Crippen MR) is 161 cm³/mol. The zero-order chi connectivity index (χ0) is 28.3. The molecule has 6 heteroatoms. The largest absolute Gasteiger partial charge is 0.497 e. The first-order valence-corrected chi connectivity index (χ1v) is 15.8. The molecule has 1 heterocycles. The standard InChI is InChI=1S/C34H37NO4S/c1-4-17-34(18-5-2)32-23-27(25-7-11-29(39-3)12-8-25)9-13-30(32)31-14-10-28(24-33(31)34)26-15-20-35(21-16-26)19-6-22-40(36,37)38/h7-16,20-21,23-24H,4-6,17-19,22H2,1-3H3/p+1. The molecule has 0 saturated carbocycles. The molecule has 208 valence electrons. The van der Waals surface area contributed by atoms with Crippen molar-refractivity contribution in [1.29, 1.82) is 0 Å². The summed E-state index contributed by atoms with van der Waals surface area (Å²) in [5.41, 5.74) is 10.2. The highest BCUT2D eigenvalue weighted by atomic mass is 32.2. The maximum Gasteiger partial charge on any atom is 0.265 e. The fourth-order valence-corrected chi connectivity index (χ4v) is 6.88. The van der Waals surface area contributed by atoms with Crippen LogP contribution in [0.5, 0.6) is 5.75 Å². The van der Waals surface area contributed by atoms with E-state index in [1.165, 1.54) is 38.9 Å². The number of hydrogen-bond donors (Lipinski definition) is 1. The number of aromatic nitrogens is 1. The second-order valence-electron chi connectivity index (χ2n) is 10.8. The number of nitrogens with zero attached hydrogens (tertiary/aromatic N) is 1. The Morgan fingerprint density at radius 1 is 0.750 bits per heavy atom. The lowest BCUT2D eigenvalue weighted by molar-refractivity contribution is -0.696. The maximum absolute atomic E-state index is 11.0. The Kier molecular flexibility index (Phi) is 8.11. The van der Waals surface area contributed by atoms with E-state index in [2.05, 4.69) is 74.5 Å². The van der Waals surface area contributed by atoms with Crippen molar-refractivity contribution in [1.82, 2.24) is 0 Å². The molecule has 1 aromatic heterocycles. The van der Waals surface area contributed by atoms with Gasteiger partial charge in [0.15, 0.2) is 12.4 Å². The lowest BCUT2D eigenvalue weighted by atomic mass is 9.71. The number of hydrogen-bond acceptors (Lipinski definition) is 3. The van der Waals surface area contributed by atoms with Crippen LogP contribution < -0.4 is 9.30 Å². The first-order valence-electron chi connectivity index (χ1n) is 14.2. The Hall–Kier alpha value is -3.48. The fourth-order valence-electron chi connectivity index (χ4n) is 6.38. The van der Waals surface area contributed by atoms with Gasteiger partial charge in [-0.15, -0.1) is 0 Å². The molecule has 0 fully saturated rings. The van der Waals surface area contributed by atoms with Crippen molar-refractivity contribution < 1.29 is 22.3 Å². The van der Waals surface area contributed by atoms with Crippen molar-refractivity contribution in [3.05, 3.63) is 96.3 Å². The van der Waals surface area contributed by atoms with Crippen molar-refractivity contribution in [3.63, 3.8) is 0 Å². The van der Waals surface area contributed by atoms with Gasteiger partial charge < -0.3 is 4.74 Å². The van der Waals surface area contributed by atoms with Crippen LogP contribution in [-0.2, 0) is 22.1 Å². The van der Waals surface area contributed by atoms with Gasteiger partial charge in [-0.3, -0.25) is 4.55 Å². The van der Waals surface area contributed by atoms with Gasteiger partial charge in [0.05, 0.1) is 12.9 Å². The van der Waals surface area contributed by atoms with Crippen molar-refractivity contribution in [2.24, 2.45) is 0 Å². The molecule has 0 radical (unpaired) electrons. The van der Waals surface area contributed by atoms with Crippen molar-refractivity contribution in [2.45, 2.75) is 57.9 Å². The molecule has 0 amide bonds. The van der Waals surface area contributed by atoms with E-state index in [9.17, 15) is 8.42 Å². The SMILES string of the molecule is CCCC1(CCC)c2cc(-c3ccc(OC)cc3)ccc2-c2ccc(-c3cc[n+](CCCS(=O)(=O)O)cc3)cc21. The molecule has 1 aliphatic rings. The van der Waals surface area contributed by atoms with E-state index < -0.39 is 10.1 Å². The monoisotopic (exact) mass is 556 g/mol. The molecule has 1 aliphatic carbocycles. The topological polar surface area (TPSA) is 67.5 Å². The minimum absolute atomic E-state index is 0.0306. The molecule has 3 aromatic carbocycles. The number of benzene rings is 3. The molecule has 0 spiro atoms. The van der Waals surface area contributed by atoms with Crippen LogP contribution in [0.2, 0.25) is 0 Å². The van der Waals surface area contributed by atoms with E-state index in [0.29, 0.717) is 13.0 Å². The third-order valence-corrected chi connectivity index (χ3v) is 8.99. The zero-order valence-corrected chi connectivity index (χ0v) is 24.4. The first-order chi connectivity index (χ1) is 19.3. The van der Waals surface area contributed by atoms with Gasteiger partial charge in [-0.1, -0.05) is 63.1 Å². The number of ether oxygens (including phenoxy) is 1. The van der Waals surface area contributed by atoms with Gasteiger partial charge in [0.2, 0.25) is 0 Å². The Bertz CT molecular complexity index is 1590. The van der Waals surface area contributed by atoms with Crippen LogP contribution in [0.15, 0.2) is 85.2 Å². The molecule has 5 rings (SSSR count). The second kappa shape index (κ2) is 11.6. The number of aryl methyl sites for hydroxylation is 1. The molecule has 40 heavy (non-hydrogen) atoms. The van der Waals surface area contributed by atoms with E-state index in [1.807, 2.05) is 29.1 Å². The smallest absolute Gasteiger partial charge is 0.265 e. The van der Waals surface area contributed by atoms with Gasteiger partial charge in [0.25, 0.3) is 10.1 Å². The van der Waals surface area contributed by atoms with Gasteiger partial charge in [-0.2, -0.15) is 8.42 Å². The minimum Gasteiger partial charge on any atom is -0.497 e. The number of pyridine rings is 1. The summed E-state index contributed by atoms with van der Waals surface area (Å²) in [7, 11) is -2.24. The highest BCUT2D eigenvalue weighted by molar-refractivity contribution is 7.85. The van der Waals surface area contributed by atoms with Crippen LogP contribution in [0, 0.1) is 0 Å². The van der Waals surface area contributed by atoms with Crippen molar-refractivity contribution in [3.8, 4) is 39.1 Å². The average molecular weight is 557 g/mol. The van der Waals surface area contributed by atoms with E-state index in [4.69, 9.17) is 9.29 Å². The van der Waals surface area contributed by atoms with Gasteiger partial charge in [-0.05, 0) is 81.6 Å². The lowest BCUT2D eigenvalue weighted by Gasteiger charge is -2.32. The molecular formula is C34H38NO4S+. The normalized spacial score (nSPS) is 13.6. The predicted octanol–water partition coefficient (Wildman–Crippen LogP) is 7.46. The molecule has 5 nitrogen and oxygen atoms in total. The average Bonchev–Trinajstić information content (AvgIpc) is 3.21. The van der Waals surface area contributed by atoms with Crippen molar-refractivity contribution >= 4 is 10.1 Å². The van der Waals surface area contributed by atoms with Crippen LogP contribution in [0.4, 0.5) is 0 Å². The maximum atomic E-state index is 11.0. The van der Waals surface area contributed by atoms with Crippen LogP contribution in [0.3, 0.4) is 0 Å². The summed E-state index contributed by atoms with van der Waals surface area (Å²) in [5, 5.41) is 0. The van der Waals surface area contributed by atoms with Gasteiger partial charge in [0.1, 0.15) is 12.3 Å². The Morgan fingerprint density at radius 3 is 1.73 bits per heavy atom. The summed E-state index contributed by atoms with van der Waals surface area (Å²) in [6, 6.07) is 26.3. The molecule has 0 unspecified atom stereocenters. The van der Waals surface area contributed by atoms with Gasteiger partial charge >= 0.3 is 0 Å². The lowest BCUT2D eigenvalue weighted by Crippen LogP contribution is -2.33. The molecule has 0 bridgehead atoms. The minimum atomic E-state index is -3.93. The Labute approximate surface area is 238 Å². The summed E-state index contributed by atoms with van der Waals surface area (Å²) in [5.74, 6) is 0.630. The summed E-state index contributed by atoms with van der Waals surface area (Å²) in [4.78, 5) is 0. The van der Waals surface area contributed by atoms with E-state index in [0.717, 1.165) is 37.0 Å². The van der Waals surface area contributed by atoms with E-state index in [-0.39, 0.29) is 11.2 Å². The highest BCUT2D eigenvalue weighted by Crippen LogP contribution is 2.55. The van der Waals surface area contributed by atoms with Crippen LogP contribution >= 0.6 is 0 Å². The molecular weight excluding hydrogens is 518 g/mol. The molecule has 0 atom stereocenters. The molecule has 0 saturated heterocycles. The molecule has 0 aliphatic heterocycles. The Balaban J connectivity index is 1.52. The quantitative estimate of drug-likeness (QED) is 0.154.